The summed E-state index contributed by atoms with van der Waals surface area (Å²) in [5.41, 5.74) is 0.797. The normalized spacial score (nSPS) is 20.6. The van der Waals surface area contributed by atoms with Crippen molar-refractivity contribution in [1.82, 2.24) is 9.80 Å². The van der Waals surface area contributed by atoms with Crippen molar-refractivity contribution < 1.29 is 14.3 Å². The van der Waals surface area contributed by atoms with Crippen LogP contribution in [0.4, 0.5) is 0 Å². The predicted molar refractivity (Wildman–Crippen MR) is 93.7 cm³/mol. The Morgan fingerprint density at radius 3 is 2.46 bits per heavy atom. The molecule has 0 spiro atoms. The van der Waals surface area contributed by atoms with Crippen LogP contribution in [0.1, 0.15) is 11.6 Å². The van der Waals surface area contributed by atoms with Gasteiger partial charge >= 0.3 is 0 Å². The van der Waals surface area contributed by atoms with E-state index in [1.54, 1.807) is 53.3 Å². The maximum Gasteiger partial charge on any atom is 0.254 e. The zero-order valence-corrected chi connectivity index (χ0v) is 14.4. The van der Waals surface area contributed by atoms with Crippen LogP contribution in [-0.4, -0.2) is 54.5 Å². The molecule has 128 valence electrons. The number of hydrogen-bond donors (Lipinski definition) is 0. The fourth-order valence-electron chi connectivity index (χ4n) is 2.72. The summed E-state index contributed by atoms with van der Waals surface area (Å²) in [4.78, 5) is 28.1. The second-order valence-electron chi connectivity index (χ2n) is 5.55. The van der Waals surface area contributed by atoms with E-state index in [1.165, 1.54) is 0 Å². The van der Waals surface area contributed by atoms with Crippen molar-refractivity contribution in [2.45, 2.75) is 12.1 Å². The lowest BCUT2D eigenvalue weighted by atomic mass is 9.97. The van der Waals surface area contributed by atoms with Gasteiger partial charge in [0, 0.05) is 25.2 Å². The molecule has 1 fully saturated rings. The van der Waals surface area contributed by atoms with Gasteiger partial charge in [-0.05, 0) is 17.7 Å². The molecular formula is C18H21ClN2O3. The first-order valence-electron chi connectivity index (χ1n) is 7.63. The lowest BCUT2D eigenvalue weighted by Gasteiger charge is -2.40. The number of morpholine rings is 1. The monoisotopic (exact) mass is 348 g/mol. The lowest BCUT2D eigenvalue weighted by Crippen LogP contribution is -2.54. The molecule has 0 aromatic heterocycles. The average Bonchev–Trinajstić information content (AvgIpc) is 2.57. The Morgan fingerprint density at radius 2 is 1.92 bits per heavy atom. The van der Waals surface area contributed by atoms with Gasteiger partial charge in [-0.2, -0.15) is 0 Å². The van der Waals surface area contributed by atoms with Crippen molar-refractivity contribution in [1.29, 1.82) is 0 Å². The number of amides is 2. The van der Waals surface area contributed by atoms with Crippen molar-refractivity contribution in [3.63, 3.8) is 0 Å². The van der Waals surface area contributed by atoms with E-state index in [0.717, 1.165) is 5.56 Å². The van der Waals surface area contributed by atoms with E-state index < -0.39 is 12.1 Å². The third-order valence-corrected chi connectivity index (χ3v) is 4.20. The molecule has 0 unspecified atom stereocenters. The molecule has 1 saturated heterocycles. The van der Waals surface area contributed by atoms with Gasteiger partial charge in [-0.1, -0.05) is 35.9 Å². The summed E-state index contributed by atoms with van der Waals surface area (Å²) in [5, 5.41) is 0.590. The molecule has 1 aromatic rings. The molecule has 1 aliphatic heterocycles. The third-order valence-electron chi connectivity index (χ3n) is 3.95. The molecule has 0 N–H and O–H groups in total. The number of nitrogens with zero attached hydrogens (tertiary/aromatic N) is 2. The lowest BCUT2D eigenvalue weighted by molar-refractivity contribution is -0.166. The van der Waals surface area contributed by atoms with Gasteiger partial charge < -0.3 is 14.5 Å². The van der Waals surface area contributed by atoms with Gasteiger partial charge in [0.1, 0.15) is 6.61 Å². The fraction of sp³-hybridized carbons (Fsp3) is 0.333. The van der Waals surface area contributed by atoms with Crippen LogP contribution < -0.4 is 0 Å². The van der Waals surface area contributed by atoms with Crippen LogP contribution in [0.25, 0.3) is 0 Å². The molecule has 0 bridgehead atoms. The molecule has 1 heterocycles. The summed E-state index contributed by atoms with van der Waals surface area (Å²) in [5.74, 6) is -0.368. The first-order chi connectivity index (χ1) is 11.5. The Balaban J connectivity index is 2.35. The standard InChI is InChI=1S/C18H21ClN2O3/c1-4-10-21(11-5-2)18(23)17-16(20(3)15(22)12-24-17)13-6-8-14(19)9-7-13/h4-9,16-17H,1-2,10-12H2,3H3/t16-,17+/m0/s1. The molecule has 6 heteroatoms. The number of carbonyl (C=O) groups is 2. The van der Waals surface area contributed by atoms with Gasteiger partial charge in [-0.3, -0.25) is 9.59 Å². The van der Waals surface area contributed by atoms with E-state index in [4.69, 9.17) is 16.3 Å². The van der Waals surface area contributed by atoms with Gasteiger partial charge in [-0.15, -0.1) is 13.2 Å². The number of likely N-dealkylation sites (N-methyl/N-ethyl adjacent to an activating group) is 1. The first kappa shape index (κ1) is 18.2. The average molecular weight is 349 g/mol. The van der Waals surface area contributed by atoms with Crippen LogP contribution in [0.2, 0.25) is 5.02 Å². The predicted octanol–water partition coefficient (Wildman–Crippen LogP) is 2.44. The Morgan fingerprint density at radius 1 is 1.33 bits per heavy atom. The van der Waals surface area contributed by atoms with Gasteiger partial charge in [0.2, 0.25) is 5.91 Å². The quantitative estimate of drug-likeness (QED) is 0.742. The highest BCUT2D eigenvalue weighted by Gasteiger charge is 2.41. The molecular weight excluding hydrogens is 328 g/mol. The van der Waals surface area contributed by atoms with E-state index >= 15 is 0 Å². The number of carbonyl (C=O) groups excluding carboxylic acids is 2. The Labute approximate surface area is 147 Å². The Bertz CT molecular complexity index is 620. The summed E-state index contributed by atoms with van der Waals surface area (Å²) in [7, 11) is 1.68. The Kier molecular flexibility index (Phi) is 6.17. The largest absolute Gasteiger partial charge is 0.356 e. The van der Waals surface area contributed by atoms with E-state index in [0.29, 0.717) is 18.1 Å². The van der Waals surface area contributed by atoms with E-state index in [9.17, 15) is 9.59 Å². The van der Waals surface area contributed by atoms with Crippen molar-refractivity contribution in [3.05, 3.63) is 60.2 Å². The van der Waals surface area contributed by atoms with Crippen molar-refractivity contribution >= 4 is 23.4 Å². The highest BCUT2D eigenvalue weighted by molar-refractivity contribution is 6.30. The highest BCUT2D eigenvalue weighted by atomic mass is 35.5. The van der Waals surface area contributed by atoms with Crippen LogP contribution in [0, 0.1) is 0 Å². The van der Waals surface area contributed by atoms with Crippen LogP contribution in [0.5, 0.6) is 0 Å². The van der Waals surface area contributed by atoms with Gasteiger partial charge in [-0.25, -0.2) is 0 Å². The Hall–Kier alpha value is -2.11. The van der Waals surface area contributed by atoms with Gasteiger partial charge in [0.05, 0.1) is 6.04 Å². The van der Waals surface area contributed by atoms with Crippen molar-refractivity contribution in [3.8, 4) is 0 Å². The number of rotatable bonds is 6. The first-order valence-corrected chi connectivity index (χ1v) is 8.00. The van der Waals surface area contributed by atoms with Crippen LogP contribution in [0.15, 0.2) is 49.6 Å². The topological polar surface area (TPSA) is 49.9 Å². The molecule has 0 saturated carbocycles. The molecule has 2 rings (SSSR count). The molecule has 24 heavy (non-hydrogen) atoms. The molecule has 5 nitrogen and oxygen atoms in total. The smallest absolute Gasteiger partial charge is 0.254 e. The second-order valence-corrected chi connectivity index (χ2v) is 5.99. The van der Waals surface area contributed by atoms with E-state index in [2.05, 4.69) is 13.2 Å². The second kappa shape index (κ2) is 8.13. The molecule has 1 aromatic carbocycles. The molecule has 0 aliphatic carbocycles. The van der Waals surface area contributed by atoms with E-state index in [1.807, 2.05) is 0 Å². The minimum absolute atomic E-state index is 0.118. The van der Waals surface area contributed by atoms with Crippen LogP contribution >= 0.6 is 11.6 Å². The van der Waals surface area contributed by atoms with E-state index in [-0.39, 0.29) is 18.4 Å². The minimum atomic E-state index is -0.784. The summed E-state index contributed by atoms with van der Waals surface area (Å²) in [6, 6.07) is 6.56. The fourth-order valence-corrected chi connectivity index (χ4v) is 2.85. The maximum absolute atomic E-state index is 12.9. The minimum Gasteiger partial charge on any atom is -0.356 e. The number of benzene rings is 1. The molecule has 2 atom stereocenters. The number of ether oxygens (including phenoxy) is 1. The van der Waals surface area contributed by atoms with Crippen LogP contribution in [-0.2, 0) is 14.3 Å². The van der Waals surface area contributed by atoms with Crippen molar-refractivity contribution in [2.24, 2.45) is 0 Å². The maximum atomic E-state index is 12.9. The molecule has 1 aliphatic rings. The third kappa shape index (κ3) is 3.86. The zero-order valence-electron chi connectivity index (χ0n) is 13.7. The number of halogens is 1. The molecule has 0 radical (unpaired) electrons. The van der Waals surface area contributed by atoms with Crippen LogP contribution in [0.3, 0.4) is 0 Å². The zero-order chi connectivity index (χ0) is 17.7. The summed E-state index contributed by atoms with van der Waals surface area (Å²) in [6.45, 7) is 8.00. The van der Waals surface area contributed by atoms with Crippen molar-refractivity contribution in [2.75, 3.05) is 26.7 Å². The summed E-state index contributed by atoms with van der Waals surface area (Å²) >= 11 is 5.94. The van der Waals surface area contributed by atoms with Gasteiger partial charge in [0.15, 0.2) is 6.10 Å². The summed E-state index contributed by atoms with van der Waals surface area (Å²) < 4.78 is 5.61. The molecule has 2 amide bonds. The number of hydrogen-bond acceptors (Lipinski definition) is 3. The highest BCUT2D eigenvalue weighted by Crippen LogP contribution is 2.31. The summed E-state index contributed by atoms with van der Waals surface area (Å²) in [6.07, 6.45) is 2.51. The SMILES string of the molecule is C=CCN(CC=C)C(=O)[C@@H]1OCC(=O)N(C)[C@H]1c1ccc(Cl)cc1. The van der Waals surface area contributed by atoms with Gasteiger partial charge in [0.25, 0.3) is 5.91 Å².